The van der Waals surface area contributed by atoms with Gasteiger partial charge in [0.05, 0.1) is 7.11 Å². The number of ether oxygens (including phenoxy) is 1. The lowest BCUT2D eigenvalue weighted by Gasteiger charge is -1.95. The molecule has 0 N–H and O–H groups in total. The van der Waals surface area contributed by atoms with Crippen molar-refractivity contribution in [1.29, 1.82) is 0 Å². The minimum Gasteiger partial charge on any atom is -0.493 e. The highest BCUT2D eigenvalue weighted by Gasteiger charge is 1.99. The molecule has 0 atom stereocenters. The van der Waals surface area contributed by atoms with Crippen LogP contribution < -0.4 is 10.2 Å². The Morgan fingerprint density at radius 2 is 1.73 bits per heavy atom. The van der Waals surface area contributed by atoms with E-state index in [0.29, 0.717) is 10.8 Å². The Kier molecular flexibility index (Phi) is 2.60. The van der Waals surface area contributed by atoms with Crippen LogP contribution in [-0.2, 0) is 0 Å². The van der Waals surface area contributed by atoms with Crippen LogP contribution in [0.25, 0.3) is 10.8 Å². The van der Waals surface area contributed by atoms with Crippen LogP contribution >= 0.6 is 11.6 Å². The second-order valence-electron chi connectivity index (χ2n) is 3.18. The Morgan fingerprint density at radius 3 is 2.47 bits per heavy atom. The van der Waals surface area contributed by atoms with Crippen molar-refractivity contribution in [1.82, 2.24) is 0 Å². The van der Waals surface area contributed by atoms with Crippen molar-refractivity contribution in [3.05, 3.63) is 51.6 Å². The Balaban J connectivity index is 2.86. The topological polar surface area (TPSA) is 26.3 Å². The molecule has 0 aliphatic heterocycles. The summed E-state index contributed by atoms with van der Waals surface area (Å²) >= 11 is 5.87. The van der Waals surface area contributed by atoms with Gasteiger partial charge in [-0.05, 0) is 35.0 Å². The molecule has 0 saturated heterocycles. The maximum absolute atomic E-state index is 11.5. The summed E-state index contributed by atoms with van der Waals surface area (Å²) in [5.74, 6) is 0.340. The summed E-state index contributed by atoms with van der Waals surface area (Å²) in [6.07, 6.45) is 0. The van der Waals surface area contributed by atoms with Crippen molar-refractivity contribution in [2.45, 2.75) is 0 Å². The van der Waals surface area contributed by atoms with Gasteiger partial charge in [0.2, 0.25) is 5.43 Å². The Morgan fingerprint density at radius 1 is 1.07 bits per heavy atom. The summed E-state index contributed by atoms with van der Waals surface area (Å²) < 4.78 is 5.00. The van der Waals surface area contributed by atoms with Gasteiger partial charge in [-0.3, -0.25) is 4.79 Å². The first-order chi connectivity index (χ1) is 7.20. The first-order valence-corrected chi connectivity index (χ1v) is 4.86. The third-order valence-corrected chi connectivity index (χ3v) is 2.45. The SMILES string of the molecule is COc1cc2ccc(Cl)cc2ccc1=O. The highest BCUT2D eigenvalue weighted by molar-refractivity contribution is 6.31. The first kappa shape index (κ1) is 9.99. The summed E-state index contributed by atoms with van der Waals surface area (Å²) in [5, 5.41) is 2.50. The number of halogens is 1. The minimum atomic E-state index is -0.134. The van der Waals surface area contributed by atoms with Crippen molar-refractivity contribution < 1.29 is 4.74 Å². The molecule has 0 spiro atoms. The second-order valence-corrected chi connectivity index (χ2v) is 3.62. The maximum atomic E-state index is 11.5. The number of hydrogen-bond donors (Lipinski definition) is 0. The van der Waals surface area contributed by atoms with E-state index in [1.54, 1.807) is 18.2 Å². The fourth-order valence-corrected chi connectivity index (χ4v) is 1.62. The molecule has 0 radical (unpaired) electrons. The van der Waals surface area contributed by atoms with Crippen molar-refractivity contribution in [3.8, 4) is 5.75 Å². The van der Waals surface area contributed by atoms with E-state index in [4.69, 9.17) is 16.3 Å². The molecule has 0 aliphatic rings. The zero-order valence-electron chi connectivity index (χ0n) is 8.16. The zero-order valence-corrected chi connectivity index (χ0v) is 8.91. The van der Waals surface area contributed by atoms with Gasteiger partial charge in [-0.1, -0.05) is 23.7 Å². The molecule has 0 aromatic heterocycles. The average molecular weight is 221 g/mol. The molecule has 2 nitrogen and oxygen atoms in total. The molecule has 2 aromatic carbocycles. The third-order valence-electron chi connectivity index (χ3n) is 2.21. The van der Waals surface area contributed by atoms with Crippen LogP contribution in [-0.4, -0.2) is 7.11 Å². The first-order valence-electron chi connectivity index (χ1n) is 4.48. The second kappa shape index (κ2) is 3.91. The number of rotatable bonds is 1. The molecule has 3 heteroatoms. The predicted molar refractivity (Wildman–Crippen MR) is 61.8 cm³/mol. The molecular weight excluding hydrogens is 212 g/mol. The molecule has 0 fully saturated rings. The molecule has 0 heterocycles. The normalized spacial score (nSPS) is 10.3. The smallest absolute Gasteiger partial charge is 0.220 e. The van der Waals surface area contributed by atoms with Gasteiger partial charge in [0, 0.05) is 5.02 Å². The molecule has 0 unspecified atom stereocenters. The molecule has 76 valence electrons. The van der Waals surface area contributed by atoms with E-state index in [0.717, 1.165) is 10.8 Å². The zero-order chi connectivity index (χ0) is 10.8. The molecule has 2 aromatic rings. The Bertz CT molecular complexity index is 564. The minimum absolute atomic E-state index is 0.134. The van der Waals surface area contributed by atoms with Crippen molar-refractivity contribution in [3.63, 3.8) is 0 Å². The summed E-state index contributed by atoms with van der Waals surface area (Å²) in [4.78, 5) is 11.5. The van der Waals surface area contributed by atoms with Crippen LogP contribution in [0.5, 0.6) is 5.75 Å². The monoisotopic (exact) mass is 220 g/mol. The van der Waals surface area contributed by atoms with Crippen LogP contribution in [0.2, 0.25) is 5.02 Å². The van der Waals surface area contributed by atoms with Gasteiger partial charge in [-0.15, -0.1) is 0 Å². The fraction of sp³-hybridized carbons (Fsp3) is 0.0833. The maximum Gasteiger partial charge on any atom is 0.220 e. The van der Waals surface area contributed by atoms with Crippen LogP contribution in [0.3, 0.4) is 0 Å². The summed E-state index contributed by atoms with van der Waals surface area (Å²) in [6, 6.07) is 10.4. The quantitative estimate of drug-likeness (QED) is 0.739. The van der Waals surface area contributed by atoms with Gasteiger partial charge in [-0.2, -0.15) is 0 Å². The molecule has 0 bridgehead atoms. The van der Waals surface area contributed by atoms with Gasteiger partial charge in [-0.25, -0.2) is 0 Å². The average Bonchev–Trinajstić information content (AvgIpc) is 2.38. The highest BCUT2D eigenvalue weighted by Crippen LogP contribution is 2.19. The van der Waals surface area contributed by atoms with E-state index in [1.165, 1.54) is 13.2 Å². The van der Waals surface area contributed by atoms with E-state index in [1.807, 2.05) is 12.1 Å². The van der Waals surface area contributed by atoms with Crippen LogP contribution in [0.1, 0.15) is 0 Å². The largest absolute Gasteiger partial charge is 0.493 e. The van der Waals surface area contributed by atoms with E-state index in [2.05, 4.69) is 0 Å². The van der Waals surface area contributed by atoms with E-state index in [9.17, 15) is 4.79 Å². The molecule has 0 aliphatic carbocycles. The number of fused-ring (bicyclic) bond motifs is 1. The van der Waals surface area contributed by atoms with Gasteiger partial charge >= 0.3 is 0 Å². The molecule has 0 amide bonds. The molecule has 15 heavy (non-hydrogen) atoms. The number of hydrogen-bond acceptors (Lipinski definition) is 2. The number of benzene rings is 1. The predicted octanol–water partition coefficient (Wildman–Crippen LogP) is 2.86. The van der Waals surface area contributed by atoms with Gasteiger partial charge < -0.3 is 4.74 Å². The van der Waals surface area contributed by atoms with Gasteiger partial charge in [0.1, 0.15) is 0 Å². The van der Waals surface area contributed by atoms with E-state index in [-0.39, 0.29) is 5.43 Å². The van der Waals surface area contributed by atoms with Crippen molar-refractivity contribution in [2.24, 2.45) is 0 Å². The van der Waals surface area contributed by atoms with Crippen molar-refractivity contribution in [2.75, 3.05) is 7.11 Å². The summed E-state index contributed by atoms with van der Waals surface area (Å²) in [7, 11) is 1.48. The van der Waals surface area contributed by atoms with Crippen LogP contribution in [0, 0.1) is 0 Å². The fourth-order valence-electron chi connectivity index (χ4n) is 1.44. The molecule has 0 saturated carbocycles. The summed E-state index contributed by atoms with van der Waals surface area (Å²) in [6.45, 7) is 0. The van der Waals surface area contributed by atoms with E-state index < -0.39 is 0 Å². The third kappa shape index (κ3) is 1.95. The van der Waals surface area contributed by atoms with E-state index >= 15 is 0 Å². The van der Waals surface area contributed by atoms with Gasteiger partial charge in [0.25, 0.3) is 0 Å². The molecule has 2 rings (SSSR count). The number of methoxy groups -OCH3 is 1. The van der Waals surface area contributed by atoms with Crippen molar-refractivity contribution >= 4 is 22.4 Å². The summed E-state index contributed by atoms with van der Waals surface area (Å²) in [5.41, 5.74) is -0.134. The Hall–Kier alpha value is -1.54. The van der Waals surface area contributed by atoms with Crippen LogP contribution in [0.15, 0.2) is 41.2 Å². The highest BCUT2D eigenvalue weighted by atomic mass is 35.5. The molecular formula is C12H9ClO2. The standard InChI is InChI=1S/C12H9ClO2/c1-15-12-7-9-2-4-10(13)6-8(9)3-5-11(12)14/h2-7H,1H3. The van der Waals surface area contributed by atoms with Crippen LogP contribution in [0.4, 0.5) is 0 Å². The lowest BCUT2D eigenvalue weighted by Crippen LogP contribution is -1.99. The lowest BCUT2D eigenvalue weighted by molar-refractivity contribution is 0.412. The Labute approximate surface area is 92.1 Å². The van der Waals surface area contributed by atoms with Gasteiger partial charge in [0.15, 0.2) is 5.75 Å². The lowest BCUT2D eigenvalue weighted by atomic mass is 10.2.